The average Bonchev–Trinajstić information content (AvgIpc) is 3.34. The molecule has 1 atom stereocenters. The lowest BCUT2D eigenvalue weighted by Crippen LogP contribution is -2.29. The zero-order valence-electron chi connectivity index (χ0n) is 13.8. The third-order valence-electron chi connectivity index (χ3n) is 4.24. The first-order chi connectivity index (χ1) is 12.5. The second-order valence-corrected chi connectivity index (χ2v) is 6.46. The Bertz CT molecular complexity index is 971. The first-order valence-electron chi connectivity index (χ1n) is 7.98. The van der Waals surface area contributed by atoms with Crippen LogP contribution in [-0.4, -0.2) is 49.0 Å². The van der Waals surface area contributed by atoms with E-state index in [0.29, 0.717) is 30.5 Å². The molecular formula is C16H14ClFN6O2. The summed E-state index contributed by atoms with van der Waals surface area (Å²) in [7, 11) is 0. The monoisotopic (exact) mass is 376 g/mol. The van der Waals surface area contributed by atoms with Crippen LogP contribution in [0.2, 0.25) is 5.02 Å². The molecule has 1 aromatic carbocycles. The van der Waals surface area contributed by atoms with Crippen LogP contribution >= 0.6 is 11.6 Å². The van der Waals surface area contributed by atoms with Crippen molar-refractivity contribution in [2.24, 2.45) is 0 Å². The van der Waals surface area contributed by atoms with Crippen LogP contribution in [0, 0.1) is 12.7 Å². The Morgan fingerprint density at radius 3 is 3.00 bits per heavy atom. The van der Waals surface area contributed by atoms with Crippen LogP contribution in [0.5, 0.6) is 0 Å². The molecule has 3 heterocycles. The van der Waals surface area contributed by atoms with Gasteiger partial charge in [0.05, 0.1) is 22.8 Å². The summed E-state index contributed by atoms with van der Waals surface area (Å²) in [4.78, 5) is 18.4. The Balaban J connectivity index is 1.48. The molecule has 8 nitrogen and oxygen atoms in total. The lowest BCUT2D eigenvalue weighted by atomic mass is 10.2. The molecule has 1 amide bonds. The number of hydrogen-bond donors (Lipinski definition) is 0. The molecule has 1 aliphatic rings. The molecule has 0 unspecified atom stereocenters. The van der Waals surface area contributed by atoms with Crippen molar-refractivity contribution in [2.75, 3.05) is 13.1 Å². The summed E-state index contributed by atoms with van der Waals surface area (Å²) in [6.45, 7) is 2.72. The highest BCUT2D eigenvalue weighted by atomic mass is 35.5. The first-order valence-corrected chi connectivity index (χ1v) is 8.36. The second kappa shape index (κ2) is 6.49. The second-order valence-electron chi connectivity index (χ2n) is 6.05. The van der Waals surface area contributed by atoms with Crippen molar-refractivity contribution >= 4 is 17.5 Å². The number of amides is 1. The van der Waals surface area contributed by atoms with Gasteiger partial charge in [-0.2, -0.15) is 4.98 Å². The van der Waals surface area contributed by atoms with E-state index in [1.807, 2.05) is 0 Å². The maximum atomic E-state index is 13.2. The van der Waals surface area contributed by atoms with Crippen LogP contribution in [0.3, 0.4) is 0 Å². The molecule has 0 radical (unpaired) electrons. The Morgan fingerprint density at radius 1 is 1.42 bits per heavy atom. The molecule has 0 N–H and O–H groups in total. The quantitative estimate of drug-likeness (QED) is 0.697. The predicted octanol–water partition coefficient (Wildman–Crippen LogP) is 2.52. The normalized spacial score (nSPS) is 17.0. The molecule has 4 rings (SSSR count). The highest BCUT2D eigenvalue weighted by Crippen LogP contribution is 2.26. The van der Waals surface area contributed by atoms with Crippen LogP contribution in [0.1, 0.15) is 28.6 Å². The van der Waals surface area contributed by atoms with Crippen LogP contribution in [0.15, 0.2) is 28.9 Å². The van der Waals surface area contributed by atoms with Gasteiger partial charge >= 0.3 is 0 Å². The Kier molecular flexibility index (Phi) is 4.15. The average molecular weight is 377 g/mol. The molecule has 1 aliphatic heterocycles. The number of likely N-dealkylation sites (tertiary alicyclic amines) is 1. The van der Waals surface area contributed by atoms with Crippen molar-refractivity contribution in [3.63, 3.8) is 0 Å². The molecular weight excluding hydrogens is 363 g/mol. The van der Waals surface area contributed by atoms with Crippen LogP contribution in [0.4, 0.5) is 4.39 Å². The summed E-state index contributed by atoms with van der Waals surface area (Å²) in [6, 6.07) is 3.74. The first kappa shape index (κ1) is 16.6. The number of hydrogen-bond acceptors (Lipinski definition) is 6. The van der Waals surface area contributed by atoms with Crippen LogP contribution in [-0.2, 0) is 0 Å². The minimum Gasteiger partial charge on any atom is -0.336 e. The number of carbonyl (C=O) groups is 1. The number of aryl methyl sites for hydroxylation is 1. The lowest BCUT2D eigenvalue weighted by Gasteiger charge is -2.17. The molecule has 26 heavy (non-hydrogen) atoms. The molecule has 134 valence electrons. The van der Waals surface area contributed by atoms with Gasteiger partial charge in [0.25, 0.3) is 11.8 Å². The van der Waals surface area contributed by atoms with Crippen LogP contribution < -0.4 is 0 Å². The van der Waals surface area contributed by atoms with Gasteiger partial charge in [0, 0.05) is 13.1 Å². The standard InChI is InChI=1S/C16H14ClFN6O2/c1-9-19-15(26-21-9)14-8-24(22-20-14)11-4-5-23(7-11)16(25)12-3-2-10(18)6-13(12)17/h2-3,6,8,11H,4-5,7H2,1H3/t11-/m0/s1. The van der Waals surface area contributed by atoms with Gasteiger partial charge in [-0.1, -0.05) is 22.0 Å². The fourth-order valence-electron chi connectivity index (χ4n) is 2.93. The number of nitrogens with zero attached hydrogens (tertiary/aromatic N) is 6. The summed E-state index contributed by atoms with van der Waals surface area (Å²) in [5, 5.41) is 12.0. The Morgan fingerprint density at radius 2 is 2.27 bits per heavy atom. The highest BCUT2D eigenvalue weighted by Gasteiger charge is 2.30. The molecule has 10 heteroatoms. The van der Waals surface area contributed by atoms with Crippen molar-refractivity contribution in [3.05, 3.63) is 46.6 Å². The van der Waals surface area contributed by atoms with E-state index in [2.05, 4.69) is 20.5 Å². The fourth-order valence-corrected chi connectivity index (χ4v) is 3.18. The molecule has 2 aromatic heterocycles. The van der Waals surface area contributed by atoms with Crippen molar-refractivity contribution in [2.45, 2.75) is 19.4 Å². The number of rotatable bonds is 3. The third-order valence-corrected chi connectivity index (χ3v) is 4.56. The molecule has 0 saturated carbocycles. The molecule has 1 fully saturated rings. The van der Waals surface area contributed by atoms with Crippen LogP contribution in [0.25, 0.3) is 11.6 Å². The lowest BCUT2D eigenvalue weighted by molar-refractivity contribution is 0.0787. The minimum absolute atomic E-state index is 0.0246. The summed E-state index contributed by atoms with van der Waals surface area (Å²) in [5.41, 5.74) is 0.770. The Hall–Kier alpha value is -2.81. The Labute approximate surface area is 152 Å². The van der Waals surface area contributed by atoms with Gasteiger partial charge < -0.3 is 9.42 Å². The molecule has 0 aliphatic carbocycles. The number of benzene rings is 1. The summed E-state index contributed by atoms with van der Waals surface area (Å²) < 4.78 is 19.9. The topological polar surface area (TPSA) is 89.9 Å². The van der Waals surface area contributed by atoms with Gasteiger partial charge in [0.2, 0.25) is 0 Å². The largest absolute Gasteiger partial charge is 0.336 e. The van der Waals surface area contributed by atoms with Crippen molar-refractivity contribution in [1.82, 2.24) is 30.0 Å². The van der Waals surface area contributed by atoms with Gasteiger partial charge in [-0.25, -0.2) is 9.07 Å². The van der Waals surface area contributed by atoms with E-state index < -0.39 is 5.82 Å². The van der Waals surface area contributed by atoms with Gasteiger partial charge in [-0.15, -0.1) is 5.10 Å². The van der Waals surface area contributed by atoms with E-state index in [0.717, 1.165) is 12.5 Å². The smallest absolute Gasteiger partial charge is 0.280 e. The van der Waals surface area contributed by atoms with Crippen molar-refractivity contribution in [3.8, 4) is 11.6 Å². The van der Waals surface area contributed by atoms with Gasteiger partial charge in [0.1, 0.15) is 5.82 Å². The molecule has 3 aromatic rings. The highest BCUT2D eigenvalue weighted by molar-refractivity contribution is 6.33. The van der Waals surface area contributed by atoms with E-state index >= 15 is 0 Å². The van der Waals surface area contributed by atoms with Crippen molar-refractivity contribution < 1.29 is 13.7 Å². The van der Waals surface area contributed by atoms with Gasteiger partial charge in [-0.3, -0.25) is 4.79 Å². The van der Waals surface area contributed by atoms with Gasteiger partial charge in [0.15, 0.2) is 11.5 Å². The summed E-state index contributed by atoms with van der Waals surface area (Å²) in [6.07, 6.45) is 2.44. The SMILES string of the molecule is Cc1noc(-c2cn([C@H]3CCN(C(=O)c4ccc(F)cc4Cl)C3)nn2)n1. The maximum absolute atomic E-state index is 13.2. The minimum atomic E-state index is -0.475. The van der Waals surface area contributed by atoms with E-state index in [1.165, 1.54) is 12.1 Å². The molecule has 0 bridgehead atoms. The maximum Gasteiger partial charge on any atom is 0.280 e. The summed E-state index contributed by atoms with van der Waals surface area (Å²) >= 11 is 5.99. The molecule has 0 spiro atoms. The predicted molar refractivity (Wildman–Crippen MR) is 89.0 cm³/mol. The summed E-state index contributed by atoms with van der Waals surface area (Å²) in [5.74, 6) is 0.115. The zero-order valence-corrected chi connectivity index (χ0v) is 14.5. The van der Waals surface area contributed by atoms with E-state index in [1.54, 1.807) is 22.7 Å². The number of halogens is 2. The van der Waals surface area contributed by atoms with Crippen molar-refractivity contribution in [1.29, 1.82) is 0 Å². The fraction of sp³-hybridized carbons (Fsp3) is 0.312. The van der Waals surface area contributed by atoms with E-state index in [-0.39, 0.29) is 22.5 Å². The van der Waals surface area contributed by atoms with Gasteiger partial charge in [-0.05, 0) is 31.5 Å². The third kappa shape index (κ3) is 3.05. The zero-order chi connectivity index (χ0) is 18.3. The number of carbonyl (C=O) groups excluding carboxylic acids is 1. The van der Waals surface area contributed by atoms with E-state index in [4.69, 9.17) is 16.1 Å². The molecule has 1 saturated heterocycles. The number of aromatic nitrogens is 5. The van der Waals surface area contributed by atoms with E-state index in [9.17, 15) is 9.18 Å².